The minimum absolute atomic E-state index is 0.0204. The number of urea groups is 1. The van der Waals surface area contributed by atoms with E-state index >= 15 is 0 Å². The van der Waals surface area contributed by atoms with Crippen LogP contribution in [0.1, 0.15) is 25.6 Å². The molecule has 0 radical (unpaired) electrons. The molecule has 19 heavy (non-hydrogen) atoms. The summed E-state index contributed by atoms with van der Waals surface area (Å²) in [7, 11) is 0. The lowest BCUT2D eigenvalue weighted by molar-refractivity contribution is 0.236. The van der Waals surface area contributed by atoms with E-state index in [-0.39, 0.29) is 6.03 Å². The van der Waals surface area contributed by atoms with Gasteiger partial charge < -0.3 is 15.2 Å². The third kappa shape index (κ3) is 3.08. The molecule has 2 heterocycles. The second kappa shape index (κ2) is 5.23. The molecular formula is C14H22N4O. The van der Waals surface area contributed by atoms with Gasteiger partial charge in [-0.2, -0.15) is 0 Å². The van der Waals surface area contributed by atoms with Gasteiger partial charge in [0.05, 0.1) is 0 Å². The van der Waals surface area contributed by atoms with E-state index in [1.54, 1.807) is 0 Å². The number of rotatable bonds is 4. The van der Waals surface area contributed by atoms with E-state index in [9.17, 15) is 4.79 Å². The highest BCUT2D eigenvalue weighted by molar-refractivity contribution is 5.73. The van der Waals surface area contributed by atoms with Gasteiger partial charge in [-0.3, -0.25) is 0 Å². The van der Waals surface area contributed by atoms with E-state index < -0.39 is 0 Å². The summed E-state index contributed by atoms with van der Waals surface area (Å²) >= 11 is 0. The first-order chi connectivity index (χ1) is 9.22. The van der Waals surface area contributed by atoms with Crippen molar-refractivity contribution in [3.8, 4) is 0 Å². The van der Waals surface area contributed by atoms with Crippen molar-refractivity contribution in [2.45, 2.75) is 32.7 Å². The fourth-order valence-electron chi connectivity index (χ4n) is 2.80. The van der Waals surface area contributed by atoms with Crippen molar-refractivity contribution in [2.75, 3.05) is 13.1 Å². The molecule has 1 aromatic heterocycles. The number of fused-ring (bicyclic) bond motifs is 1. The van der Waals surface area contributed by atoms with E-state index in [0.29, 0.717) is 11.8 Å². The summed E-state index contributed by atoms with van der Waals surface area (Å²) in [6, 6.07) is -0.0204. The van der Waals surface area contributed by atoms with Crippen LogP contribution in [-0.2, 0) is 13.0 Å². The zero-order chi connectivity index (χ0) is 13.2. The van der Waals surface area contributed by atoms with Gasteiger partial charge in [0.2, 0.25) is 0 Å². The molecule has 1 aliphatic carbocycles. The lowest BCUT2D eigenvalue weighted by atomic mass is 9.98. The lowest BCUT2D eigenvalue weighted by Gasteiger charge is -2.23. The highest BCUT2D eigenvalue weighted by atomic mass is 16.2. The predicted molar refractivity (Wildman–Crippen MR) is 72.7 cm³/mol. The van der Waals surface area contributed by atoms with Crippen LogP contribution in [0, 0.1) is 17.8 Å². The molecule has 0 saturated heterocycles. The van der Waals surface area contributed by atoms with Crippen molar-refractivity contribution in [1.82, 2.24) is 20.2 Å². The van der Waals surface area contributed by atoms with E-state index in [0.717, 1.165) is 44.2 Å². The van der Waals surface area contributed by atoms with E-state index in [2.05, 4.69) is 27.1 Å². The van der Waals surface area contributed by atoms with Crippen molar-refractivity contribution < 1.29 is 4.79 Å². The fourth-order valence-corrected chi connectivity index (χ4v) is 2.80. The highest BCUT2D eigenvalue weighted by Gasteiger charge is 2.32. The summed E-state index contributed by atoms with van der Waals surface area (Å²) < 4.78 is 2.20. The number of aromatic nitrogens is 2. The minimum atomic E-state index is -0.0204. The van der Waals surface area contributed by atoms with Gasteiger partial charge in [-0.25, -0.2) is 9.78 Å². The molecule has 5 nitrogen and oxygen atoms in total. The first-order valence-electron chi connectivity index (χ1n) is 7.24. The molecule has 0 aromatic carbocycles. The Balaban J connectivity index is 1.37. The Hall–Kier alpha value is -1.52. The molecular weight excluding hydrogens is 240 g/mol. The smallest absolute Gasteiger partial charge is 0.314 e. The number of aryl methyl sites for hydroxylation is 1. The summed E-state index contributed by atoms with van der Waals surface area (Å²) in [4.78, 5) is 16.0. The lowest BCUT2D eigenvalue weighted by Crippen LogP contribution is -2.40. The van der Waals surface area contributed by atoms with Crippen molar-refractivity contribution in [3.05, 3.63) is 18.2 Å². The average Bonchev–Trinajstić information content (AvgIpc) is 2.92. The molecule has 3 rings (SSSR count). The van der Waals surface area contributed by atoms with E-state index in [1.165, 1.54) is 6.42 Å². The fraction of sp³-hybridized carbons (Fsp3) is 0.714. The van der Waals surface area contributed by atoms with Crippen LogP contribution in [0.2, 0.25) is 0 Å². The Morgan fingerprint density at radius 2 is 2.26 bits per heavy atom. The van der Waals surface area contributed by atoms with Gasteiger partial charge in [-0.15, -0.1) is 0 Å². The number of carbonyl (C=O) groups excluding carboxylic acids is 1. The number of carbonyl (C=O) groups is 1. The van der Waals surface area contributed by atoms with Crippen molar-refractivity contribution in [1.29, 1.82) is 0 Å². The minimum Gasteiger partial charge on any atom is -0.338 e. The number of hydrogen-bond acceptors (Lipinski definition) is 2. The van der Waals surface area contributed by atoms with E-state index in [1.807, 2.05) is 12.4 Å². The highest BCUT2D eigenvalue weighted by Crippen LogP contribution is 2.36. The Morgan fingerprint density at radius 3 is 3.05 bits per heavy atom. The molecule has 2 N–H and O–H groups in total. The van der Waals surface area contributed by atoms with Crippen LogP contribution in [0.4, 0.5) is 4.79 Å². The van der Waals surface area contributed by atoms with Gasteiger partial charge in [0.1, 0.15) is 5.82 Å². The first kappa shape index (κ1) is 12.5. The molecule has 1 fully saturated rings. The van der Waals surface area contributed by atoms with Gasteiger partial charge >= 0.3 is 6.03 Å². The first-order valence-corrected chi connectivity index (χ1v) is 7.24. The molecule has 5 heteroatoms. The third-order valence-corrected chi connectivity index (χ3v) is 4.40. The quantitative estimate of drug-likeness (QED) is 0.861. The standard InChI is InChI=1S/C14H22N4O/c1-10-6-12(10)9-17-14(19)16-8-11-2-4-18-5-3-15-13(18)7-11/h3,5,10-12H,2,4,6-9H2,1H3,(H2,16,17,19)/t10-,11-,12-/m1/s1. The molecule has 104 valence electrons. The van der Waals surface area contributed by atoms with Gasteiger partial charge in [0.25, 0.3) is 0 Å². The zero-order valence-corrected chi connectivity index (χ0v) is 11.4. The second-order valence-electron chi connectivity index (χ2n) is 5.96. The van der Waals surface area contributed by atoms with Crippen LogP contribution in [0.25, 0.3) is 0 Å². The summed E-state index contributed by atoms with van der Waals surface area (Å²) in [5.74, 6) is 3.15. The summed E-state index contributed by atoms with van der Waals surface area (Å²) in [5.41, 5.74) is 0. The Labute approximate surface area is 113 Å². The SMILES string of the molecule is C[C@@H]1C[C@@H]1CNC(=O)NC[C@@H]1CCn2ccnc2C1. The van der Waals surface area contributed by atoms with Crippen molar-refractivity contribution in [2.24, 2.45) is 17.8 Å². The molecule has 3 atom stereocenters. The Bertz CT molecular complexity index is 456. The Morgan fingerprint density at radius 1 is 1.47 bits per heavy atom. The number of hydrogen-bond donors (Lipinski definition) is 2. The van der Waals surface area contributed by atoms with Gasteiger partial charge in [0, 0.05) is 38.4 Å². The van der Waals surface area contributed by atoms with Gasteiger partial charge in [0.15, 0.2) is 0 Å². The molecule has 2 amide bonds. The van der Waals surface area contributed by atoms with Crippen LogP contribution < -0.4 is 10.6 Å². The van der Waals surface area contributed by atoms with E-state index in [4.69, 9.17) is 0 Å². The molecule has 1 aromatic rings. The van der Waals surface area contributed by atoms with Crippen molar-refractivity contribution in [3.63, 3.8) is 0 Å². The van der Waals surface area contributed by atoms with Crippen LogP contribution in [0.15, 0.2) is 12.4 Å². The maximum absolute atomic E-state index is 11.7. The normalized spacial score (nSPS) is 28.6. The van der Waals surface area contributed by atoms with Crippen LogP contribution in [-0.4, -0.2) is 28.7 Å². The second-order valence-corrected chi connectivity index (χ2v) is 5.96. The monoisotopic (exact) mass is 262 g/mol. The number of amides is 2. The van der Waals surface area contributed by atoms with Crippen LogP contribution >= 0.6 is 0 Å². The summed E-state index contributed by atoms with van der Waals surface area (Å²) in [6.45, 7) is 4.82. The third-order valence-electron chi connectivity index (χ3n) is 4.40. The van der Waals surface area contributed by atoms with Crippen molar-refractivity contribution >= 4 is 6.03 Å². The summed E-state index contributed by atoms with van der Waals surface area (Å²) in [6.07, 6.45) is 7.22. The molecule has 0 unspecified atom stereocenters. The molecule has 1 saturated carbocycles. The van der Waals surface area contributed by atoms with Crippen LogP contribution in [0.5, 0.6) is 0 Å². The largest absolute Gasteiger partial charge is 0.338 e. The molecule has 0 spiro atoms. The maximum Gasteiger partial charge on any atom is 0.314 e. The van der Waals surface area contributed by atoms with Gasteiger partial charge in [-0.1, -0.05) is 6.92 Å². The predicted octanol–water partition coefficient (Wildman–Crippen LogP) is 1.40. The molecule has 2 aliphatic rings. The summed E-state index contributed by atoms with van der Waals surface area (Å²) in [5, 5.41) is 5.94. The maximum atomic E-state index is 11.7. The topological polar surface area (TPSA) is 59.0 Å². The molecule has 1 aliphatic heterocycles. The van der Waals surface area contributed by atoms with Gasteiger partial charge in [-0.05, 0) is 30.6 Å². The number of nitrogens with zero attached hydrogens (tertiary/aromatic N) is 2. The zero-order valence-electron chi connectivity index (χ0n) is 11.4. The Kier molecular flexibility index (Phi) is 3.44. The number of imidazole rings is 1. The average molecular weight is 262 g/mol. The number of nitrogens with one attached hydrogen (secondary N) is 2. The molecule has 0 bridgehead atoms. The van der Waals surface area contributed by atoms with Crippen LogP contribution in [0.3, 0.4) is 0 Å².